The van der Waals surface area contributed by atoms with Crippen molar-refractivity contribution in [1.82, 2.24) is 0 Å². The Hall–Kier alpha value is -2.18. The van der Waals surface area contributed by atoms with Crippen LogP contribution >= 0.6 is 0 Å². The molecule has 0 bridgehead atoms. The summed E-state index contributed by atoms with van der Waals surface area (Å²) in [6.07, 6.45) is 39.1. The Kier molecular flexibility index (Phi) is 23.4. The molecule has 0 saturated carbocycles. The van der Waals surface area contributed by atoms with Crippen LogP contribution < -0.4 is 0 Å². The Balaban J connectivity index is 3.38. The van der Waals surface area contributed by atoms with E-state index in [1.165, 1.54) is 44.9 Å². The zero-order valence-electron chi connectivity index (χ0n) is 20.0. The maximum Gasteiger partial charge on any atom is 0.133 e. The fourth-order valence-electron chi connectivity index (χ4n) is 3.19. The van der Waals surface area contributed by atoms with Crippen molar-refractivity contribution in [2.75, 3.05) is 0 Å². The van der Waals surface area contributed by atoms with Gasteiger partial charge in [-0.15, -0.1) is 18.8 Å². The van der Waals surface area contributed by atoms with Gasteiger partial charge >= 0.3 is 0 Å². The highest BCUT2D eigenvalue weighted by Gasteiger charge is 1.97. The van der Waals surface area contributed by atoms with Crippen molar-refractivity contribution < 1.29 is 10.2 Å². The second-order valence-electron chi connectivity index (χ2n) is 8.11. The van der Waals surface area contributed by atoms with Crippen molar-refractivity contribution >= 4 is 0 Å². The summed E-state index contributed by atoms with van der Waals surface area (Å²) in [5, 5.41) is 18.5. The van der Waals surface area contributed by atoms with Crippen LogP contribution in [0.15, 0.2) is 36.5 Å². The molecule has 2 nitrogen and oxygen atoms in total. The lowest BCUT2D eigenvalue weighted by molar-refractivity contribution is 0.217. The average Bonchev–Trinajstić information content (AvgIpc) is 2.81. The summed E-state index contributed by atoms with van der Waals surface area (Å²) in [4.78, 5) is 0. The van der Waals surface area contributed by atoms with Gasteiger partial charge in [-0.05, 0) is 57.4 Å². The van der Waals surface area contributed by atoms with Gasteiger partial charge in [0.15, 0.2) is 0 Å². The number of hydrogen-bond acceptors (Lipinski definition) is 2. The molecule has 0 fully saturated rings. The van der Waals surface area contributed by atoms with E-state index >= 15 is 0 Å². The van der Waals surface area contributed by atoms with Crippen LogP contribution in [0.2, 0.25) is 0 Å². The molecule has 2 N–H and O–H groups in total. The topological polar surface area (TPSA) is 40.5 Å². The molecule has 0 aromatic rings. The van der Waals surface area contributed by atoms with Crippen molar-refractivity contribution in [3.05, 3.63) is 36.5 Å². The normalized spacial score (nSPS) is 13.1. The van der Waals surface area contributed by atoms with Crippen LogP contribution in [0.1, 0.15) is 103 Å². The second kappa shape index (κ2) is 25.1. The van der Waals surface area contributed by atoms with Gasteiger partial charge in [-0.25, -0.2) is 0 Å². The first-order valence-corrected chi connectivity index (χ1v) is 12.4. The highest BCUT2D eigenvalue weighted by atomic mass is 16.3. The number of aliphatic hydroxyl groups is 2. The first kappa shape index (κ1) is 29.8. The number of rotatable bonds is 19. The van der Waals surface area contributed by atoms with E-state index in [1.54, 1.807) is 6.08 Å². The van der Waals surface area contributed by atoms with E-state index in [2.05, 4.69) is 48.0 Å². The summed E-state index contributed by atoms with van der Waals surface area (Å²) in [5.74, 6) is 11.1. The van der Waals surface area contributed by atoms with Crippen molar-refractivity contribution in [3.8, 4) is 36.5 Å². The maximum atomic E-state index is 9.28. The maximum absolute atomic E-state index is 9.28. The van der Waals surface area contributed by atoms with Crippen molar-refractivity contribution in [3.63, 3.8) is 0 Å². The lowest BCUT2D eigenvalue weighted by atomic mass is 10.1. The van der Waals surface area contributed by atoms with Gasteiger partial charge < -0.3 is 10.2 Å². The second-order valence-corrected chi connectivity index (χ2v) is 8.11. The van der Waals surface area contributed by atoms with Crippen molar-refractivity contribution in [2.45, 2.75) is 115 Å². The Morgan fingerprint density at radius 1 is 0.625 bits per heavy atom. The summed E-state index contributed by atoms with van der Waals surface area (Å²) >= 11 is 0. The van der Waals surface area contributed by atoms with E-state index in [-0.39, 0.29) is 0 Å². The lowest BCUT2D eigenvalue weighted by Gasteiger charge is -2.03. The highest BCUT2D eigenvalue weighted by molar-refractivity contribution is 5.06. The van der Waals surface area contributed by atoms with Gasteiger partial charge in [-0.2, -0.15) is 0 Å². The Bertz CT molecular complexity index is 645. The molecule has 0 rings (SSSR count). The summed E-state index contributed by atoms with van der Waals surface area (Å²) in [5.41, 5.74) is 0. The molecular weight excluding hydrogens is 392 g/mol. The molecule has 0 amide bonds. The first-order chi connectivity index (χ1) is 15.7. The standard InChI is InChI=1S/C30H44O2/c1-3-29(31)27-25-23-21-19-17-15-13-11-9-7-5-6-8-10-12-14-16-18-20-22-24-26-28-30(32)4-2/h1-2,5-6,9,11,26,28-32H,7-8,13-25,27H2/b6-5-,11-9-,28-26+. The molecule has 2 atom stereocenters. The molecule has 2 heteroatoms. The fraction of sp³-hybridized carbons (Fsp3) is 0.600. The Labute approximate surface area is 198 Å². The van der Waals surface area contributed by atoms with Crippen LogP contribution in [-0.4, -0.2) is 22.4 Å². The van der Waals surface area contributed by atoms with Crippen LogP contribution in [0.3, 0.4) is 0 Å². The molecule has 0 saturated heterocycles. The van der Waals surface area contributed by atoms with Crippen molar-refractivity contribution in [2.24, 2.45) is 0 Å². The van der Waals surface area contributed by atoms with Gasteiger partial charge in [0.05, 0.1) is 0 Å². The van der Waals surface area contributed by atoms with Crippen molar-refractivity contribution in [1.29, 1.82) is 0 Å². The van der Waals surface area contributed by atoms with Gasteiger partial charge in [0.25, 0.3) is 0 Å². The van der Waals surface area contributed by atoms with E-state index in [9.17, 15) is 10.2 Å². The molecular formula is C30H44O2. The zero-order valence-corrected chi connectivity index (χ0v) is 20.0. The Morgan fingerprint density at radius 3 is 1.97 bits per heavy atom. The summed E-state index contributed by atoms with van der Waals surface area (Å²) in [7, 11) is 0. The third-order valence-corrected chi connectivity index (χ3v) is 5.15. The number of aliphatic hydroxyl groups excluding tert-OH is 2. The predicted molar refractivity (Wildman–Crippen MR) is 139 cm³/mol. The van der Waals surface area contributed by atoms with E-state index in [4.69, 9.17) is 12.8 Å². The molecule has 0 aliphatic rings. The molecule has 0 aromatic heterocycles. The summed E-state index contributed by atoms with van der Waals surface area (Å²) in [6, 6.07) is 0. The van der Waals surface area contributed by atoms with E-state index in [1.807, 2.05) is 6.08 Å². The monoisotopic (exact) mass is 436 g/mol. The molecule has 0 aromatic carbocycles. The van der Waals surface area contributed by atoms with E-state index in [0.29, 0.717) is 0 Å². The first-order valence-electron chi connectivity index (χ1n) is 12.4. The van der Waals surface area contributed by atoms with Gasteiger partial charge in [0.1, 0.15) is 12.2 Å². The number of allylic oxidation sites excluding steroid dienone is 5. The molecule has 176 valence electrons. The van der Waals surface area contributed by atoms with Crippen LogP contribution in [-0.2, 0) is 0 Å². The third kappa shape index (κ3) is 24.1. The molecule has 0 heterocycles. The molecule has 32 heavy (non-hydrogen) atoms. The SMILES string of the molecule is C#CC(O)/C=C/CCCCCCC#CC/C=C\C/C=C\CCCCCCCCC(O)C#C. The van der Waals surface area contributed by atoms with E-state index in [0.717, 1.165) is 57.8 Å². The molecule has 0 spiro atoms. The van der Waals surface area contributed by atoms with Gasteiger partial charge in [-0.1, -0.05) is 86.7 Å². The molecule has 0 aliphatic heterocycles. The number of hydrogen-bond donors (Lipinski definition) is 2. The quantitative estimate of drug-likeness (QED) is 0.131. The average molecular weight is 437 g/mol. The predicted octanol–water partition coefficient (Wildman–Crippen LogP) is 6.89. The Morgan fingerprint density at radius 2 is 1.25 bits per heavy atom. The minimum atomic E-state index is -0.742. The molecule has 0 aliphatic carbocycles. The number of terminal acetylenes is 2. The molecule has 0 radical (unpaired) electrons. The lowest BCUT2D eigenvalue weighted by Crippen LogP contribution is -2.01. The van der Waals surface area contributed by atoms with Crippen LogP contribution in [0.25, 0.3) is 0 Å². The van der Waals surface area contributed by atoms with Gasteiger partial charge in [-0.3, -0.25) is 0 Å². The minimum Gasteiger partial charge on any atom is -0.380 e. The van der Waals surface area contributed by atoms with Crippen LogP contribution in [0, 0.1) is 36.5 Å². The zero-order chi connectivity index (χ0) is 23.5. The molecule has 2 unspecified atom stereocenters. The summed E-state index contributed by atoms with van der Waals surface area (Å²) in [6.45, 7) is 0. The highest BCUT2D eigenvalue weighted by Crippen LogP contribution is 2.10. The fourth-order valence-corrected chi connectivity index (χ4v) is 3.19. The van der Waals surface area contributed by atoms with E-state index < -0.39 is 12.2 Å². The van der Waals surface area contributed by atoms with Crippen LogP contribution in [0.4, 0.5) is 0 Å². The largest absolute Gasteiger partial charge is 0.380 e. The third-order valence-electron chi connectivity index (χ3n) is 5.15. The van der Waals surface area contributed by atoms with Crippen LogP contribution in [0.5, 0.6) is 0 Å². The smallest absolute Gasteiger partial charge is 0.133 e. The number of unbranched alkanes of at least 4 members (excludes halogenated alkanes) is 11. The minimum absolute atomic E-state index is 0.557. The van der Waals surface area contributed by atoms with Gasteiger partial charge in [0, 0.05) is 12.8 Å². The summed E-state index contributed by atoms with van der Waals surface area (Å²) < 4.78 is 0. The van der Waals surface area contributed by atoms with Gasteiger partial charge in [0.2, 0.25) is 0 Å².